The topological polar surface area (TPSA) is 118 Å². The highest BCUT2D eigenvalue weighted by Crippen LogP contribution is 2.40. The highest BCUT2D eigenvalue weighted by atomic mass is 19.1. The molecular formula is C28H31FN6O5. The molecule has 210 valence electrons. The minimum atomic E-state index is -0.467. The number of anilines is 2. The highest BCUT2D eigenvalue weighted by Gasteiger charge is 2.24. The molecule has 40 heavy (non-hydrogen) atoms. The van der Waals surface area contributed by atoms with Crippen molar-refractivity contribution in [1.29, 1.82) is 0 Å². The van der Waals surface area contributed by atoms with Gasteiger partial charge in [-0.25, -0.2) is 14.4 Å². The molecule has 0 bridgehead atoms. The van der Waals surface area contributed by atoms with E-state index in [-0.39, 0.29) is 12.2 Å². The number of benzene rings is 2. The highest BCUT2D eigenvalue weighted by molar-refractivity contribution is 5.74. The number of nitrogens with zero attached hydrogens (tertiary/aromatic N) is 4. The van der Waals surface area contributed by atoms with E-state index in [4.69, 9.17) is 14.2 Å². The summed E-state index contributed by atoms with van der Waals surface area (Å²) in [6.07, 6.45) is 6.89. The lowest BCUT2D eigenvalue weighted by Crippen LogP contribution is -2.33. The zero-order valence-electron chi connectivity index (χ0n) is 22.4. The molecular weight excluding hydrogens is 519 g/mol. The number of aromatic amines is 2. The largest absolute Gasteiger partial charge is 0.494 e. The Morgan fingerprint density at radius 1 is 1.00 bits per heavy atom. The number of aromatic nitrogens is 4. The van der Waals surface area contributed by atoms with E-state index in [0.29, 0.717) is 37.6 Å². The van der Waals surface area contributed by atoms with Crippen LogP contribution in [0.2, 0.25) is 0 Å². The second kappa shape index (κ2) is 12.4. The average Bonchev–Trinajstić information content (AvgIpc) is 3.68. The van der Waals surface area contributed by atoms with Crippen LogP contribution < -0.4 is 24.0 Å². The van der Waals surface area contributed by atoms with Crippen molar-refractivity contribution >= 4 is 17.3 Å². The molecule has 2 aliphatic rings. The van der Waals surface area contributed by atoms with Gasteiger partial charge in [-0.05, 0) is 29.8 Å². The summed E-state index contributed by atoms with van der Waals surface area (Å²) >= 11 is 0. The Morgan fingerprint density at radius 3 is 2.38 bits per heavy atom. The van der Waals surface area contributed by atoms with Gasteiger partial charge in [0.25, 0.3) is 0 Å². The lowest BCUT2D eigenvalue weighted by molar-refractivity contribution is -0.139. The maximum atomic E-state index is 14.2. The number of imidazole rings is 2. The number of para-hydroxylation sites is 1. The predicted molar refractivity (Wildman–Crippen MR) is 145 cm³/mol. The van der Waals surface area contributed by atoms with Gasteiger partial charge >= 0.3 is 5.97 Å². The van der Waals surface area contributed by atoms with Crippen LogP contribution in [0.15, 0.2) is 55.4 Å². The molecule has 6 rings (SSSR count). The predicted octanol–water partition coefficient (Wildman–Crippen LogP) is 3.48. The molecule has 2 aliphatic heterocycles. The smallest absolute Gasteiger partial charge is 0.309 e. The van der Waals surface area contributed by atoms with Gasteiger partial charge in [-0.3, -0.25) is 4.79 Å². The lowest BCUT2D eigenvalue weighted by Gasteiger charge is -2.32. The van der Waals surface area contributed by atoms with Gasteiger partial charge in [0.15, 0.2) is 11.6 Å². The Morgan fingerprint density at radius 2 is 1.70 bits per heavy atom. The average molecular weight is 551 g/mol. The van der Waals surface area contributed by atoms with Crippen molar-refractivity contribution in [1.82, 2.24) is 19.9 Å². The zero-order chi connectivity index (χ0) is 27.9. The minimum absolute atomic E-state index is 0.0264. The molecule has 0 spiro atoms. The third kappa shape index (κ3) is 6.11. The van der Waals surface area contributed by atoms with Crippen molar-refractivity contribution < 1.29 is 28.1 Å². The quantitative estimate of drug-likeness (QED) is 0.334. The number of methoxy groups -OCH3 is 2. The third-order valence-electron chi connectivity index (χ3n) is 6.56. The lowest BCUT2D eigenvalue weighted by atomic mass is 10.1. The number of halogens is 1. The van der Waals surface area contributed by atoms with Crippen LogP contribution in [0.5, 0.6) is 17.2 Å². The Labute approximate surface area is 230 Å². The Bertz CT molecular complexity index is 1400. The number of nitrogens with one attached hydrogen (secondary N) is 2. The van der Waals surface area contributed by atoms with E-state index in [2.05, 4.69) is 29.6 Å². The van der Waals surface area contributed by atoms with Crippen LogP contribution in [0.25, 0.3) is 0 Å². The van der Waals surface area contributed by atoms with Crippen LogP contribution in [0.3, 0.4) is 0 Å². The Balaban J connectivity index is 0.000000164. The molecule has 2 aromatic heterocycles. The second-order valence-electron chi connectivity index (χ2n) is 9.18. The number of esters is 1. The summed E-state index contributed by atoms with van der Waals surface area (Å²) in [7, 11) is 2.99. The standard InChI is InChI=1S/C15H16FN3O3.C13H15N3O2/c1-21-14(20)6-10-4-12(16)15-13(5-10)19(2-3-22-15)8-11-7-17-9-18-11;1-17-11-3-2-4-12-13(11)16(5-6-18-12)8-10-7-14-9-15-10/h4-5,7,9H,2-3,6,8H2,1H3,(H,17,18);2-4,7,9H,5-6,8H2,1H3,(H,14,15). The first-order valence-electron chi connectivity index (χ1n) is 12.8. The summed E-state index contributed by atoms with van der Waals surface area (Å²) in [6, 6.07) is 8.95. The van der Waals surface area contributed by atoms with Gasteiger partial charge in [0, 0.05) is 12.4 Å². The molecule has 12 heteroatoms. The van der Waals surface area contributed by atoms with Crippen molar-refractivity contribution in [2.24, 2.45) is 0 Å². The van der Waals surface area contributed by atoms with E-state index in [9.17, 15) is 9.18 Å². The summed E-state index contributed by atoms with van der Waals surface area (Å²) < 4.78 is 35.4. The number of hydrogen-bond acceptors (Lipinski definition) is 9. The van der Waals surface area contributed by atoms with Gasteiger partial charge in [0.1, 0.15) is 30.4 Å². The van der Waals surface area contributed by atoms with Crippen molar-refractivity contribution in [2.75, 3.05) is 50.3 Å². The minimum Gasteiger partial charge on any atom is -0.494 e. The zero-order valence-corrected chi connectivity index (χ0v) is 22.4. The summed E-state index contributed by atoms with van der Waals surface area (Å²) in [5, 5.41) is 0. The number of rotatable bonds is 7. The van der Waals surface area contributed by atoms with Gasteiger partial charge in [0.05, 0.1) is 76.5 Å². The molecule has 4 aromatic rings. The van der Waals surface area contributed by atoms with Crippen LogP contribution in [0.1, 0.15) is 17.0 Å². The number of fused-ring (bicyclic) bond motifs is 2. The number of carbonyl (C=O) groups excluding carboxylic acids is 1. The van der Waals surface area contributed by atoms with E-state index in [1.807, 2.05) is 29.3 Å². The monoisotopic (exact) mass is 550 g/mol. The molecule has 0 atom stereocenters. The Kier molecular flexibility index (Phi) is 8.33. The molecule has 0 radical (unpaired) electrons. The Hall–Kier alpha value is -4.74. The first-order valence-corrected chi connectivity index (χ1v) is 12.8. The van der Waals surface area contributed by atoms with Crippen LogP contribution in [0.4, 0.5) is 15.8 Å². The van der Waals surface area contributed by atoms with Crippen molar-refractivity contribution in [3.05, 3.63) is 78.1 Å². The molecule has 0 fully saturated rings. The number of ether oxygens (including phenoxy) is 4. The van der Waals surface area contributed by atoms with Gasteiger partial charge < -0.3 is 38.7 Å². The number of carbonyl (C=O) groups is 1. The molecule has 0 amide bonds. The number of hydrogen-bond donors (Lipinski definition) is 2. The van der Waals surface area contributed by atoms with E-state index < -0.39 is 11.8 Å². The summed E-state index contributed by atoms with van der Waals surface area (Å²) in [4.78, 5) is 29.8. The van der Waals surface area contributed by atoms with E-state index in [1.165, 1.54) is 13.2 Å². The second-order valence-corrected chi connectivity index (χ2v) is 9.18. The van der Waals surface area contributed by atoms with Crippen molar-refractivity contribution in [3.63, 3.8) is 0 Å². The SMILES string of the molecule is COC(=O)Cc1cc(F)c2c(c1)N(Cc1cnc[nH]1)CCO2.COc1cccc2c1N(Cc1cnc[nH]1)CCO2. The molecule has 2 aromatic carbocycles. The first kappa shape index (κ1) is 26.9. The molecule has 0 saturated carbocycles. The molecule has 0 saturated heterocycles. The van der Waals surface area contributed by atoms with Gasteiger partial charge in [-0.15, -0.1) is 0 Å². The molecule has 2 N–H and O–H groups in total. The summed E-state index contributed by atoms with van der Waals surface area (Å²) in [6.45, 7) is 3.91. The number of H-pyrrole nitrogens is 2. The fraction of sp³-hybridized carbons (Fsp3) is 0.321. The molecule has 11 nitrogen and oxygen atoms in total. The molecule has 0 aliphatic carbocycles. The fourth-order valence-electron chi connectivity index (χ4n) is 4.68. The van der Waals surface area contributed by atoms with Gasteiger partial charge in [-0.2, -0.15) is 0 Å². The van der Waals surface area contributed by atoms with Crippen molar-refractivity contribution in [2.45, 2.75) is 19.5 Å². The normalized spacial score (nSPS) is 13.7. The van der Waals surface area contributed by atoms with Crippen molar-refractivity contribution in [3.8, 4) is 17.2 Å². The maximum absolute atomic E-state index is 14.2. The van der Waals surface area contributed by atoms with Crippen LogP contribution in [-0.4, -0.2) is 66.4 Å². The van der Waals surface area contributed by atoms with E-state index in [1.54, 1.807) is 32.0 Å². The van der Waals surface area contributed by atoms with E-state index >= 15 is 0 Å². The van der Waals surface area contributed by atoms with Gasteiger partial charge in [0.2, 0.25) is 0 Å². The van der Waals surface area contributed by atoms with Crippen LogP contribution in [-0.2, 0) is 29.0 Å². The first-order chi connectivity index (χ1) is 19.6. The van der Waals surface area contributed by atoms with Crippen LogP contribution >= 0.6 is 0 Å². The fourth-order valence-corrected chi connectivity index (χ4v) is 4.68. The van der Waals surface area contributed by atoms with Gasteiger partial charge in [-0.1, -0.05) is 6.07 Å². The summed E-state index contributed by atoms with van der Waals surface area (Å²) in [5.74, 6) is 1.06. The van der Waals surface area contributed by atoms with E-state index in [0.717, 1.165) is 41.7 Å². The third-order valence-corrected chi connectivity index (χ3v) is 6.56. The maximum Gasteiger partial charge on any atom is 0.309 e. The summed E-state index contributed by atoms with van der Waals surface area (Å²) in [5.41, 5.74) is 4.21. The molecule has 0 unspecified atom stereocenters. The molecule has 4 heterocycles. The van der Waals surface area contributed by atoms with Crippen LogP contribution in [0, 0.1) is 5.82 Å².